The number of rotatable bonds is 5. The highest BCUT2D eigenvalue weighted by Gasteiger charge is 2.16. The van der Waals surface area contributed by atoms with Crippen molar-refractivity contribution in [2.75, 3.05) is 6.54 Å². The molecule has 0 radical (unpaired) electrons. The highest BCUT2D eigenvalue weighted by atomic mass is 16.1. The maximum Gasteiger partial charge on any atom is 0.267 e. The number of pyridine rings is 2. The summed E-state index contributed by atoms with van der Waals surface area (Å²) in [5.74, 6) is -0.368. The number of nitrogens with zero attached hydrogens (tertiary/aromatic N) is 3. The summed E-state index contributed by atoms with van der Waals surface area (Å²) in [4.78, 5) is 30.3. The summed E-state index contributed by atoms with van der Waals surface area (Å²) in [6.07, 6.45) is 2.34. The van der Waals surface area contributed by atoms with Crippen LogP contribution in [0.15, 0.2) is 65.6 Å². The molecule has 0 spiro atoms. The first-order chi connectivity index (χ1) is 14.1. The van der Waals surface area contributed by atoms with Crippen molar-refractivity contribution in [3.8, 4) is 0 Å². The van der Waals surface area contributed by atoms with Crippen LogP contribution in [0.5, 0.6) is 0 Å². The van der Waals surface area contributed by atoms with Crippen molar-refractivity contribution in [1.82, 2.24) is 19.3 Å². The Morgan fingerprint density at radius 3 is 2.66 bits per heavy atom. The first-order valence-corrected chi connectivity index (χ1v) is 9.52. The lowest BCUT2D eigenvalue weighted by atomic mass is 10.1. The van der Waals surface area contributed by atoms with Gasteiger partial charge in [-0.15, -0.1) is 0 Å². The van der Waals surface area contributed by atoms with E-state index in [1.165, 1.54) is 10.5 Å². The lowest BCUT2D eigenvalue weighted by molar-refractivity contribution is 0.0951. The van der Waals surface area contributed by atoms with Crippen molar-refractivity contribution in [3.63, 3.8) is 0 Å². The topological polar surface area (TPSA) is 92.2 Å². The highest BCUT2D eigenvalue weighted by molar-refractivity contribution is 5.96. The molecule has 0 aliphatic heterocycles. The number of carbonyl (C=O) groups is 1. The van der Waals surface area contributed by atoms with Gasteiger partial charge in [-0.25, -0.2) is 4.98 Å². The Hall–Kier alpha value is -3.74. The van der Waals surface area contributed by atoms with Gasteiger partial charge in [0.15, 0.2) is 0 Å². The fraction of sp³-hybridized carbons (Fsp3) is 0.182. The van der Waals surface area contributed by atoms with Crippen LogP contribution in [0.4, 0.5) is 0 Å². The van der Waals surface area contributed by atoms with E-state index < -0.39 is 0 Å². The number of hydrogen-bond acceptors (Lipinski definition) is 4. The van der Waals surface area contributed by atoms with E-state index in [1.807, 2.05) is 37.3 Å². The number of amides is 1. The number of carbonyl (C=O) groups excluding carboxylic acids is 1. The molecule has 0 bridgehead atoms. The normalized spacial score (nSPS) is 11.1. The van der Waals surface area contributed by atoms with Crippen LogP contribution in [-0.4, -0.2) is 26.4 Å². The molecule has 0 unspecified atom stereocenters. The van der Waals surface area contributed by atoms with E-state index in [0.29, 0.717) is 36.2 Å². The van der Waals surface area contributed by atoms with Gasteiger partial charge in [0.25, 0.3) is 11.5 Å². The molecule has 3 aromatic heterocycles. The molecule has 7 heteroatoms. The third-order valence-corrected chi connectivity index (χ3v) is 4.92. The minimum atomic E-state index is -0.368. The van der Waals surface area contributed by atoms with Crippen LogP contribution in [0, 0.1) is 5.41 Å². The van der Waals surface area contributed by atoms with Crippen LogP contribution in [0.1, 0.15) is 22.8 Å². The first kappa shape index (κ1) is 18.6. The molecule has 146 valence electrons. The molecule has 1 aromatic carbocycles. The van der Waals surface area contributed by atoms with Crippen molar-refractivity contribution in [2.45, 2.75) is 19.9 Å². The summed E-state index contributed by atoms with van der Waals surface area (Å²) < 4.78 is 3.04. The molecule has 0 fully saturated rings. The standard InChI is InChI=1S/C22H21N5O2/c1-2-26-19(23)16(21(28)24-12-11-15-8-4-3-5-9-15)14-17-20(26)25-18-10-6-7-13-27(18)22(17)29/h3-10,13-14,23H,2,11-12H2,1H3,(H,24,28). The number of benzene rings is 1. The predicted octanol–water partition coefficient (Wildman–Crippen LogP) is 2.12. The molecule has 4 aromatic rings. The summed E-state index contributed by atoms with van der Waals surface area (Å²) >= 11 is 0. The molecular weight excluding hydrogens is 366 g/mol. The Morgan fingerprint density at radius 1 is 1.14 bits per heavy atom. The molecule has 3 heterocycles. The third-order valence-electron chi connectivity index (χ3n) is 4.92. The molecule has 0 saturated heterocycles. The second-order valence-electron chi connectivity index (χ2n) is 6.73. The summed E-state index contributed by atoms with van der Waals surface area (Å²) in [6.45, 7) is 2.74. The average molecular weight is 387 g/mol. The minimum Gasteiger partial charge on any atom is -0.352 e. The molecule has 29 heavy (non-hydrogen) atoms. The Balaban J connectivity index is 1.74. The molecule has 0 saturated carbocycles. The summed E-state index contributed by atoms with van der Waals surface area (Å²) in [5.41, 5.74) is 1.99. The van der Waals surface area contributed by atoms with Gasteiger partial charge in [0.1, 0.15) is 16.8 Å². The fourth-order valence-electron chi connectivity index (χ4n) is 3.43. The van der Waals surface area contributed by atoms with Gasteiger partial charge < -0.3 is 9.88 Å². The van der Waals surface area contributed by atoms with Gasteiger partial charge in [-0.05, 0) is 37.1 Å². The highest BCUT2D eigenvalue weighted by Crippen LogP contribution is 2.10. The van der Waals surface area contributed by atoms with E-state index in [0.717, 1.165) is 5.56 Å². The monoisotopic (exact) mass is 387 g/mol. The largest absolute Gasteiger partial charge is 0.352 e. The van der Waals surface area contributed by atoms with Crippen LogP contribution in [0.3, 0.4) is 0 Å². The lowest BCUT2D eigenvalue weighted by Gasteiger charge is -2.13. The number of aromatic nitrogens is 3. The van der Waals surface area contributed by atoms with Gasteiger partial charge in [0.05, 0.1) is 10.9 Å². The van der Waals surface area contributed by atoms with Gasteiger partial charge in [0, 0.05) is 19.3 Å². The van der Waals surface area contributed by atoms with Crippen LogP contribution >= 0.6 is 0 Å². The average Bonchev–Trinajstić information content (AvgIpc) is 2.74. The van der Waals surface area contributed by atoms with E-state index in [9.17, 15) is 9.59 Å². The minimum absolute atomic E-state index is 0.0457. The summed E-state index contributed by atoms with van der Waals surface area (Å²) in [5, 5.41) is 11.7. The number of nitrogens with one attached hydrogen (secondary N) is 2. The van der Waals surface area contributed by atoms with Gasteiger partial charge in [-0.3, -0.25) is 19.4 Å². The number of hydrogen-bond donors (Lipinski definition) is 2. The van der Waals surface area contributed by atoms with Crippen molar-refractivity contribution >= 4 is 22.6 Å². The van der Waals surface area contributed by atoms with Gasteiger partial charge in [-0.2, -0.15) is 0 Å². The lowest BCUT2D eigenvalue weighted by Crippen LogP contribution is -2.35. The van der Waals surface area contributed by atoms with E-state index in [-0.39, 0.29) is 22.5 Å². The fourth-order valence-corrected chi connectivity index (χ4v) is 3.43. The van der Waals surface area contributed by atoms with Gasteiger partial charge in [0.2, 0.25) is 0 Å². The summed E-state index contributed by atoms with van der Waals surface area (Å²) in [6, 6.07) is 16.6. The number of aryl methyl sites for hydroxylation is 1. The zero-order valence-electron chi connectivity index (χ0n) is 16.1. The van der Waals surface area contributed by atoms with Crippen LogP contribution < -0.4 is 16.4 Å². The van der Waals surface area contributed by atoms with E-state index in [4.69, 9.17) is 5.41 Å². The Morgan fingerprint density at radius 2 is 1.90 bits per heavy atom. The molecular formula is C22H21N5O2. The predicted molar refractivity (Wildman–Crippen MR) is 111 cm³/mol. The van der Waals surface area contributed by atoms with E-state index in [1.54, 1.807) is 29.0 Å². The molecule has 7 nitrogen and oxygen atoms in total. The third kappa shape index (κ3) is 3.42. The second kappa shape index (κ2) is 7.71. The molecule has 0 aliphatic rings. The zero-order valence-corrected chi connectivity index (χ0v) is 16.1. The number of fused-ring (bicyclic) bond motifs is 2. The van der Waals surface area contributed by atoms with Crippen molar-refractivity contribution in [1.29, 1.82) is 5.41 Å². The second-order valence-corrected chi connectivity index (χ2v) is 6.73. The maximum atomic E-state index is 13.0. The van der Waals surface area contributed by atoms with Crippen LogP contribution in [0.25, 0.3) is 16.7 Å². The molecule has 0 atom stereocenters. The Bertz CT molecular complexity index is 1320. The smallest absolute Gasteiger partial charge is 0.267 e. The van der Waals surface area contributed by atoms with Gasteiger partial charge in [-0.1, -0.05) is 36.4 Å². The SMILES string of the molecule is CCn1c(=N)c(C(=O)NCCc2ccccc2)cc2c(=O)n3ccccc3nc21. The maximum absolute atomic E-state index is 13.0. The van der Waals surface area contributed by atoms with Crippen molar-refractivity contribution < 1.29 is 4.79 Å². The molecule has 1 amide bonds. The summed E-state index contributed by atoms with van der Waals surface area (Å²) in [7, 11) is 0. The van der Waals surface area contributed by atoms with Crippen molar-refractivity contribution in [2.24, 2.45) is 0 Å². The molecule has 0 aliphatic carbocycles. The quantitative estimate of drug-likeness (QED) is 0.514. The first-order valence-electron chi connectivity index (χ1n) is 9.52. The van der Waals surface area contributed by atoms with Crippen LogP contribution in [0.2, 0.25) is 0 Å². The van der Waals surface area contributed by atoms with Crippen LogP contribution in [-0.2, 0) is 13.0 Å². The van der Waals surface area contributed by atoms with E-state index in [2.05, 4.69) is 10.3 Å². The zero-order chi connectivity index (χ0) is 20.4. The Labute approximate surface area is 166 Å². The molecule has 2 N–H and O–H groups in total. The van der Waals surface area contributed by atoms with Crippen molar-refractivity contribution in [3.05, 3.63) is 87.8 Å². The van der Waals surface area contributed by atoms with E-state index >= 15 is 0 Å². The van der Waals surface area contributed by atoms with Gasteiger partial charge >= 0.3 is 0 Å². The Kier molecular flexibility index (Phi) is 4.95. The molecule has 4 rings (SSSR count).